The molecule has 4 nitrogen and oxygen atoms in total. The van der Waals surface area contributed by atoms with E-state index in [9.17, 15) is 0 Å². The number of nitrogens with zero attached hydrogens (tertiary/aromatic N) is 1. The van der Waals surface area contributed by atoms with Gasteiger partial charge in [0.25, 0.3) is 0 Å². The van der Waals surface area contributed by atoms with Gasteiger partial charge in [0.2, 0.25) is 0 Å². The lowest BCUT2D eigenvalue weighted by molar-refractivity contribution is -0.00464. The summed E-state index contributed by atoms with van der Waals surface area (Å²) in [6, 6.07) is 0. The second kappa shape index (κ2) is 6.14. The van der Waals surface area contributed by atoms with E-state index >= 15 is 0 Å². The average molecular weight is 242 g/mol. The molecule has 0 aliphatic carbocycles. The number of hydrogen-bond donors (Lipinski definition) is 1. The van der Waals surface area contributed by atoms with E-state index in [4.69, 9.17) is 15.2 Å². The molecule has 0 aromatic carbocycles. The smallest absolute Gasteiger partial charge is 0.0673 e. The fourth-order valence-electron chi connectivity index (χ4n) is 2.93. The van der Waals surface area contributed by atoms with Crippen LogP contribution in [0.15, 0.2) is 0 Å². The number of nitrogens with two attached hydrogens (primary N) is 1. The molecule has 17 heavy (non-hydrogen) atoms. The van der Waals surface area contributed by atoms with Gasteiger partial charge in [-0.15, -0.1) is 0 Å². The largest absolute Gasteiger partial charge is 0.381 e. The minimum Gasteiger partial charge on any atom is -0.381 e. The molecule has 2 aliphatic heterocycles. The molecule has 2 heterocycles. The lowest BCUT2D eigenvalue weighted by Gasteiger charge is -2.40. The Balaban J connectivity index is 1.92. The molecule has 0 bridgehead atoms. The molecule has 0 spiro atoms. The standard InChI is InChI=1S/C13H26N2O2/c1-12-9-15(5-2-6-17-12)11-13(10-14)3-7-16-8-4-13/h12H,2-11,14H2,1H3. The highest BCUT2D eigenvalue weighted by Gasteiger charge is 2.33. The van der Waals surface area contributed by atoms with Crippen LogP contribution >= 0.6 is 0 Å². The van der Waals surface area contributed by atoms with Crippen LogP contribution in [0.4, 0.5) is 0 Å². The first kappa shape index (κ1) is 13.3. The summed E-state index contributed by atoms with van der Waals surface area (Å²) in [6.45, 7) is 8.89. The number of rotatable bonds is 3. The molecule has 0 aromatic heterocycles. The summed E-state index contributed by atoms with van der Waals surface area (Å²) < 4.78 is 11.2. The summed E-state index contributed by atoms with van der Waals surface area (Å²) in [5.74, 6) is 0. The van der Waals surface area contributed by atoms with E-state index in [0.29, 0.717) is 6.10 Å². The van der Waals surface area contributed by atoms with E-state index < -0.39 is 0 Å². The maximum absolute atomic E-state index is 6.02. The summed E-state index contributed by atoms with van der Waals surface area (Å²) >= 11 is 0. The molecule has 2 aliphatic rings. The van der Waals surface area contributed by atoms with E-state index in [1.54, 1.807) is 0 Å². The average Bonchev–Trinajstić information content (AvgIpc) is 2.55. The Hall–Kier alpha value is -0.160. The molecule has 0 saturated carbocycles. The first-order chi connectivity index (χ1) is 8.24. The Kier molecular flexibility index (Phi) is 4.79. The van der Waals surface area contributed by atoms with E-state index in [1.807, 2.05) is 0 Å². The monoisotopic (exact) mass is 242 g/mol. The normalized spacial score (nSPS) is 31.1. The van der Waals surface area contributed by atoms with Crippen molar-refractivity contribution >= 4 is 0 Å². The van der Waals surface area contributed by atoms with Crippen LogP contribution in [0.25, 0.3) is 0 Å². The van der Waals surface area contributed by atoms with Crippen molar-refractivity contribution in [3.63, 3.8) is 0 Å². The molecular formula is C13H26N2O2. The zero-order valence-electron chi connectivity index (χ0n) is 11.0. The highest BCUT2D eigenvalue weighted by atomic mass is 16.5. The van der Waals surface area contributed by atoms with E-state index in [0.717, 1.165) is 65.3 Å². The Morgan fingerprint density at radius 1 is 1.29 bits per heavy atom. The Labute approximate surface area is 104 Å². The van der Waals surface area contributed by atoms with Crippen molar-refractivity contribution < 1.29 is 9.47 Å². The third-order valence-corrected chi connectivity index (χ3v) is 4.08. The van der Waals surface area contributed by atoms with Crippen LogP contribution in [0.2, 0.25) is 0 Å². The zero-order valence-corrected chi connectivity index (χ0v) is 11.0. The maximum atomic E-state index is 6.02. The van der Waals surface area contributed by atoms with Crippen LogP contribution in [0.5, 0.6) is 0 Å². The molecule has 1 unspecified atom stereocenters. The van der Waals surface area contributed by atoms with Crippen molar-refractivity contribution in [2.45, 2.75) is 32.3 Å². The minimum absolute atomic E-state index is 0.280. The van der Waals surface area contributed by atoms with Crippen LogP contribution in [0.1, 0.15) is 26.2 Å². The van der Waals surface area contributed by atoms with E-state index in [-0.39, 0.29) is 5.41 Å². The molecule has 0 aromatic rings. The lowest BCUT2D eigenvalue weighted by atomic mass is 9.79. The molecule has 2 N–H and O–H groups in total. The van der Waals surface area contributed by atoms with Gasteiger partial charge in [-0.2, -0.15) is 0 Å². The third kappa shape index (κ3) is 3.65. The van der Waals surface area contributed by atoms with Crippen molar-refractivity contribution in [1.29, 1.82) is 0 Å². The minimum atomic E-state index is 0.280. The van der Waals surface area contributed by atoms with E-state index in [1.165, 1.54) is 0 Å². The summed E-state index contributed by atoms with van der Waals surface area (Å²) in [5.41, 5.74) is 6.30. The van der Waals surface area contributed by atoms with Gasteiger partial charge in [-0.3, -0.25) is 0 Å². The first-order valence-electron chi connectivity index (χ1n) is 6.86. The topological polar surface area (TPSA) is 47.7 Å². The summed E-state index contributed by atoms with van der Waals surface area (Å²) in [4.78, 5) is 2.54. The lowest BCUT2D eigenvalue weighted by Crippen LogP contribution is -2.47. The summed E-state index contributed by atoms with van der Waals surface area (Å²) in [7, 11) is 0. The predicted octanol–water partition coefficient (Wildman–Crippen LogP) is 0.853. The second-order valence-electron chi connectivity index (χ2n) is 5.59. The summed E-state index contributed by atoms with van der Waals surface area (Å²) in [6.07, 6.45) is 3.71. The van der Waals surface area contributed by atoms with Gasteiger partial charge in [0.1, 0.15) is 0 Å². The molecule has 100 valence electrons. The quantitative estimate of drug-likeness (QED) is 0.797. The van der Waals surface area contributed by atoms with Gasteiger partial charge in [-0.05, 0) is 38.1 Å². The second-order valence-corrected chi connectivity index (χ2v) is 5.59. The van der Waals surface area contributed by atoms with E-state index in [2.05, 4.69) is 11.8 Å². The predicted molar refractivity (Wildman–Crippen MR) is 68.0 cm³/mol. The van der Waals surface area contributed by atoms with Crippen molar-refractivity contribution in [3.8, 4) is 0 Å². The van der Waals surface area contributed by atoms with Gasteiger partial charge < -0.3 is 20.1 Å². The van der Waals surface area contributed by atoms with Gasteiger partial charge in [-0.1, -0.05) is 0 Å². The molecule has 0 amide bonds. The Bertz CT molecular complexity index is 229. The molecule has 1 atom stereocenters. The number of hydrogen-bond acceptors (Lipinski definition) is 4. The van der Waals surface area contributed by atoms with Gasteiger partial charge in [0.05, 0.1) is 6.10 Å². The zero-order chi connectivity index (χ0) is 12.1. The third-order valence-electron chi connectivity index (χ3n) is 4.08. The van der Waals surface area contributed by atoms with Gasteiger partial charge in [-0.25, -0.2) is 0 Å². The van der Waals surface area contributed by atoms with Crippen LogP contribution in [0, 0.1) is 5.41 Å². The van der Waals surface area contributed by atoms with Gasteiger partial charge in [0.15, 0.2) is 0 Å². The fraction of sp³-hybridized carbons (Fsp3) is 1.00. The molecular weight excluding hydrogens is 216 g/mol. The highest BCUT2D eigenvalue weighted by Crippen LogP contribution is 2.30. The molecule has 2 rings (SSSR count). The summed E-state index contributed by atoms with van der Waals surface area (Å²) in [5, 5.41) is 0. The molecule has 2 saturated heterocycles. The van der Waals surface area contributed by atoms with Crippen molar-refractivity contribution in [1.82, 2.24) is 4.90 Å². The van der Waals surface area contributed by atoms with Crippen molar-refractivity contribution in [3.05, 3.63) is 0 Å². The SMILES string of the molecule is CC1CN(CC2(CN)CCOCC2)CCCO1. The fourth-order valence-corrected chi connectivity index (χ4v) is 2.93. The van der Waals surface area contributed by atoms with Crippen LogP contribution in [-0.4, -0.2) is 57.0 Å². The van der Waals surface area contributed by atoms with Crippen molar-refractivity contribution in [2.75, 3.05) is 46.0 Å². The maximum Gasteiger partial charge on any atom is 0.0673 e. The highest BCUT2D eigenvalue weighted by molar-refractivity contribution is 4.87. The number of ether oxygens (including phenoxy) is 2. The van der Waals surface area contributed by atoms with Crippen LogP contribution in [0.3, 0.4) is 0 Å². The Morgan fingerprint density at radius 3 is 2.76 bits per heavy atom. The Morgan fingerprint density at radius 2 is 2.06 bits per heavy atom. The molecule has 4 heteroatoms. The first-order valence-corrected chi connectivity index (χ1v) is 6.86. The molecule has 0 radical (unpaired) electrons. The van der Waals surface area contributed by atoms with Crippen LogP contribution in [-0.2, 0) is 9.47 Å². The van der Waals surface area contributed by atoms with Gasteiger partial charge in [0, 0.05) is 39.5 Å². The van der Waals surface area contributed by atoms with Crippen molar-refractivity contribution in [2.24, 2.45) is 11.1 Å². The molecule has 2 fully saturated rings. The van der Waals surface area contributed by atoms with Crippen LogP contribution < -0.4 is 5.73 Å². The van der Waals surface area contributed by atoms with Gasteiger partial charge >= 0.3 is 0 Å².